The summed E-state index contributed by atoms with van der Waals surface area (Å²) in [7, 11) is 0. The fraction of sp³-hybridized carbons (Fsp3) is 0.292. The Morgan fingerprint density at radius 3 is 2.59 bits per heavy atom. The third kappa shape index (κ3) is 4.22. The number of anilines is 1. The predicted molar refractivity (Wildman–Crippen MR) is 115 cm³/mol. The number of carbonyl (C=O) groups is 1. The molecule has 0 aliphatic heterocycles. The fourth-order valence-corrected chi connectivity index (χ4v) is 3.38. The van der Waals surface area contributed by atoms with Crippen molar-refractivity contribution in [2.45, 2.75) is 40.2 Å². The van der Waals surface area contributed by atoms with E-state index >= 15 is 0 Å². The Hall–Kier alpha value is -3.39. The summed E-state index contributed by atoms with van der Waals surface area (Å²) < 4.78 is 5.25. The first-order chi connectivity index (χ1) is 14.0. The molecule has 0 unspecified atom stereocenters. The van der Waals surface area contributed by atoms with Gasteiger partial charge in [-0.2, -0.15) is 5.26 Å². The highest BCUT2D eigenvalue weighted by Crippen LogP contribution is 2.33. The quantitative estimate of drug-likeness (QED) is 0.579. The number of pyridine rings is 1. The number of ether oxygens (including phenoxy) is 1. The Bertz CT molecular complexity index is 1080. The van der Waals surface area contributed by atoms with Gasteiger partial charge in [0.2, 0.25) is 0 Å². The van der Waals surface area contributed by atoms with Crippen LogP contribution < -0.4 is 5.32 Å². The molecule has 0 aliphatic carbocycles. The molecule has 29 heavy (non-hydrogen) atoms. The monoisotopic (exact) mass is 387 g/mol. The molecule has 0 saturated carbocycles. The number of hydrogen-bond acceptors (Lipinski definition) is 5. The summed E-state index contributed by atoms with van der Waals surface area (Å²) in [5.74, 6) is -0.430. The van der Waals surface area contributed by atoms with Crippen molar-refractivity contribution in [1.82, 2.24) is 4.98 Å². The highest BCUT2D eigenvalue weighted by Gasteiger charge is 2.20. The van der Waals surface area contributed by atoms with Crippen LogP contribution in [0.25, 0.3) is 10.9 Å². The van der Waals surface area contributed by atoms with E-state index in [4.69, 9.17) is 4.74 Å². The second-order valence-corrected chi connectivity index (χ2v) is 7.04. The number of rotatable bonds is 6. The van der Waals surface area contributed by atoms with Crippen LogP contribution in [0.5, 0.6) is 0 Å². The van der Waals surface area contributed by atoms with Gasteiger partial charge >= 0.3 is 5.97 Å². The predicted octanol–water partition coefficient (Wildman–Crippen LogP) is 5.33. The molecule has 0 spiro atoms. The van der Waals surface area contributed by atoms with Crippen molar-refractivity contribution in [2.75, 3.05) is 11.9 Å². The molecule has 1 atom stereocenters. The van der Waals surface area contributed by atoms with Crippen LogP contribution in [-0.2, 0) is 11.2 Å². The topological polar surface area (TPSA) is 75.0 Å². The number of nitriles is 1. The lowest BCUT2D eigenvalue weighted by Crippen LogP contribution is -2.14. The van der Waals surface area contributed by atoms with Crippen LogP contribution in [-0.4, -0.2) is 17.6 Å². The zero-order chi connectivity index (χ0) is 21.0. The minimum absolute atomic E-state index is 0.0507. The molecule has 1 N–H and O–H groups in total. The van der Waals surface area contributed by atoms with Gasteiger partial charge in [0, 0.05) is 17.6 Å². The summed E-state index contributed by atoms with van der Waals surface area (Å²) in [6.07, 6.45) is 2.31. The maximum absolute atomic E-state index is 12.6. The summed E-state index contributed by atoms with van der Waals surface area (Å²) in [5.41, 5.74) is 5.61. The van der Waals surface area contributed by atoms with Gasteiger partial charge in [-0.05, 0) is 50.5 Å². The second-order valence-electron chi connectivity index (χ2n) is 7.04. The highest BCUT2D eigenvalue weighted by atomic mass is 16.5. The van der Waals surface area contributed by atoms with E-state index in [1.54, 1.807) is 19.2 Å². The van der Waals surface area contributed by atoms with Gasteiger partial charge in [0.15, 0.2) is 0 Å². The molecule has 0 bridgehead atoms. The Balaban J connectivity index is 2.19. The van der Waals surface area contributed by atoms with Gasteiger partial charge in [0.05, 0.1) is 29.4 Å². The van der Waals surface area contributed by atoms with Crippen molar-refractivity contribution in [3.8, 4) is 6.07 Å². The highest BCUT2D eigenvalue weighted by molar-refractivity contribution is 6.06. The van der Waals surface area contributed by atoms with E-state index < -0.39 is 5.97 Å². The minimum atomic E-state index is -0.430. The number of hydrogen-bond donors (Lipinski definition) is 1. The smallest absolute Gasteiger partial charge is 0.341 e. The van der Waals surface area contributed by atoms with E-state index in [0.29, 0.717) is 16.8 Å². The van der Waals surface area contributed by atoms with E-state index in [0.717, 1.165) is 28.5 Å². The molecule has 0 aliphatic rings. The Morgan fingerprint density at radius 1 is 1.24 bits per heavy atom. The number of aryl methyl sites for hydroxylation is 2. The largest absolute Gasteiger partial charge is 0.462 e. The van der Waals surface area contributed by atoms with E-state index in [1.807, 2.05) is 26.8 Å². The van der Waals surface area contributed by atoms with Gasteiger partial charge in [0.25, 0.3) is 0 Å². The van der Waals surface area contributed by atoms with Crippen LogP contribution in [0.2, 0.25) is 0 Å². The van der Waals surface area contributed by atoms with Crippen LogP contribution in [0.3, 0.4) is 0 Å². The van der Waals surface area contributed by atoms with Crippen molar-refractivity contribution in [2.24, 2.45) is 0 Å². The molecule has 1 aromatic heterocycles. The second kappa shape index (κ2) is 8.74. The number of esters is 1. The SMILES string of the molecule is CCOC(=O)c1cnc2c(CC)cc(C#N)cc2c1N[C@@H](C)c1ccc(C)cc1. The van der Waals surface area contributed by atoms with Gasteiger partial charge in [-0.3, -0.25) is 4.98 Å². The summed E-state index contributed by atoms with van der Waals surface area (Å²) >= 11 is 0. The van der Waals surface area contributed by atoms with Crippen molar-refractivity contribution < 1.29 is 9.53 Å². The molecule has 0 radical (unpaired) electrons. The van der Waals surface area contributed by atoms with Crippen molar-refractivity contribution in [3.05, 3.63) is 70.4 Å². The Labute approximate surface area is 171 Å². The van der Waals surface area contributed by atoms with E-state index in [1.165, 1.54) is 5.56 Å². The zero-order valence-corrected chi connectivity index (χ0v) is 17.2. The molecule has 2 aromatic carbocycles. The number of aromatic nitrogens is 1. The third-order valence-electron chi connectivity index (χ3n) is 4.99. The number of nitrogens with zero attached hydrogens (tertiary/aromatic N) is 2. The molecule has 3 aromatic rings. The first kappa shape index (κ1) is 20.3. The molecule has 0 amide bonds. The molecule has 5 heteroatoms. The van der Waals surface area contributed by atoms with Crippen molar-refractivity contribution in [1.29, 1.82) is 5.26 Å². The number of carbonyl (C=O) groups excluding carboxylic acids is 1. The molecule has 0 saturated heterocycles. The first-order valence-electron chi connectivity index (χ1n) is 9.84. The Morgan fingerprint density at radius 2 is 1.97 bits per heavy atom. The lowest BCUT2D eigenvalue weighted by atomic mass is 9.99. The van der Waals surface area contributed by atoms with Crippen molar-refractivity contribution in [3.63, 3.8) is 0 Å². The molecule has 148 valence electrons. The van der Waals surface area contributed by atoms with E-state index in [-0.39, 0.29) is 12.6 Å². The standard InChI is InChI=1S/C24H25N3O2/c1-5-18-11-17(13-25)12-20-22(18)26-14-21(24(28)29-6-2)23(20)27-16(4)19-9-7-15(3)8-10-19/h7-12,14,16H,5-6H2,1-4H3,(H,26,27)/t16-/m0/s1. The van der Waals surface area contributed by atoms with Gasteiger partial charge in [-0.25, -0.2) is 4.79 Å². The number of benzene rings is 2. The Kier molecular flexibility index (Phi) is 6.13. The van der Waals surface area contributed by atoms with Gasteiger partial charge < -0.3 is 10.1 Å². The first-order valence-corrected chi connectivity index (χ1v) is 9.84. The van der Waals surface area contributed by atoms with Crippen LogP contribution in [0, 0.1) is 18.3 Å². The lowest BCUT2D eigenvalue weighted by Gasteiger charge is -2.20. The van der Waals surface area contributed by atoms with Gasteiger partial charge in [0.1, 0.15) is 5.56 Å². The molecular formula is C24H25N3O2. The molecular weight excluding hydrogens is 362 g/mol. The zero-order valence-electron chi connectivity index (χ0n) is 17.2. The summed E-state index contributed by atoms with van der Waals surface area (Å²) in [4.78, 5) is 17.1. The summed E-state index contributed by atoms with van der Waals surface area (Å²) in [6, 6.07) is 14.1. The van der Waals surface area contributed by atoms with E-state index in [2.05, 4.69) is 40.6 Å². The molecule has 3 rings (SSSR count). The molecule has 1 heterocycles. The minimum Gasteiger partial charge on any atom is -0.462 e. The summed E-state index contributed by atoms with van der Waals surface area (Å²) in [5, 5.41) is 13.7. The average Bonchev–Trinajstić information content (AvgIpc) is 2.73. The normalized spacial score (nSPS) is 11.7. The number of fused-ring (bicyclic) bond motifs is 1. The molecule has 5 nitrogen and oxygen atoms in total. The lowest BCUT2D eigenvalue weighted by molar-refractivity contribution is 0.0527. The maximum Gasteiger partial charge on any atom is 0.341 e. The van der Waals surface area contributed by atoms with Crippen LogP contribution in [0.1, 0.15) is 59.4 Å². The van der Waals surface area contributed by atoms with Crippen LogP contribution in [0.15, 0.2) is 42.6 Å². The van der Waals surface area contributed by atoms with E-state index in [9.17, 15) is 10.1 Å². The van der Waals surface area contributed by atoms with Gasteiger partial charge in [-0.1, -0.05) is 36.8 Å². The number of nitrogens with one attached hydrogen (secondary N) is 1. The van der Waals surface area contributed by atoms with Crippen LogP contribution in [0.4, 0.5) is 5.69 Å². The summed E-state index contributed by atoms with van der Waals surface area (Å²) in [6.45, 7) is 8.17. The third-order valence-corrected chi connectivity index (χ3v) is 4.99. The van der Waals surface area contributed by atoms with Crippen molar-refractivity contribution >= 4 is 22.6 Å². The average molecular weight is 387 g/mol. The maximum atomic E-state index is 12.6. The fourth-order valence-electron chi connectivity index (χ4n) is 3.38. The van der Waals surface area contributed by atoms with Crippen LogP contribution >= 0.6 is 0 Å². The molecule has 0 fully saturated rings. The van der Waals surface area contributed by atoms with Gasteiger partial charge in [-0.15, -0.1) is 0 Å².